The zero-order valence-electron chi connectivity index (χ0n) is 16.7. The number of alkyl halides is 2. The van der Waals surface area contributed by atoms with Crippen molar-refractivity contribution < 1.29 is 27.8 Å². The van der Waals surface area contributed by atoms with Crippen LogP contribution in [0, 0.1) is 0 Å². The molecule has 7 heteroatoms. The molecule has 1 atom stereocenters. The van der Waals surface area contributed by atoms with Crippen molar-refractivity contribution in [1.29, 1.82) is 0 Å². The molecule has 30 heavy (non-hydrogen) atoms. The van der Waals surface area contributed by atoms with Crippen LogP contribution in [-0.2, 0) is 17.6 Å². The number of aryl methyl sites for hydroxylation is 2. The van der Waals surface area contributed by atoms with Gasteiger partial charge in [-0.3, -0.25) is 4.79 Å². The first-order valence-corrected chi connectivity index (χ1v) is 10.3. The zero-order chi connectivity index (χ0) is 20.9. The molecule has 1 unspecified atom stereocenters. The summed E-state index contributed by atoms with van der Waals surface area (Å²) >= 11 is 0. The summed E-state index contributed by atoms with van der Waals surface area (Å²) in [5, 5.41) is 0. The fourth-order valence-corrected chi connectivity index (χ4v) is 3.98. The predicted octanol–water partition coefficient (Wildman–Crippen LogP) is 4.09. The van der Waals surface area contributed by atoms with E-state index < -0.39 is 6.61 Å². The van der Waals surface area contributed by atoms with Gasteiger partial charge in [-0.15, -0.1) is 0 Å². The van der Waals surface area contributed by atoms with Gasteiger partial charge in [-0.1, -0.05) is 12.1 Å². The summed E-state index contributed by atoms with van der Waals surface area (Å²) in [7, 11) is 0. The van der Waals surface area contributed by atoms with Gasteiger partial charge in [0, 0.05) is 12.1 Å². The van der Waals surface area contributed by atoms with Crippen molar-refractivity contribution in [3.63, 3.8) is 0 Å². The van der Waals surface area contributed by atoms with Crippen LogP contribution in [0.4, 0.5) is 8.78 Å². The Morgan fingerprint density at radius 2 is 1.93 bits per heavy atom. The van der Waals surface area contributed by atoms with Crippen molar-refractivity contribution in [2.75, 3.05) is 26.3 Å². The first-order valence-electron chi connectivity index (χ1n) is 10.3. The van der Waals surface area contributed by atoms with Gasteiger partial charge in [-0.25, -0.2) is 0 Å². The van der Waals surface area contributed by atoms with E-state index in [2.05, 4.69) is 16.9 Å². The standard InChI is InChI=1S/C23H25F2NO4/c24-23(25)30-20-7-3-6-18(13-20)22(27)26-10-11-28-21(14-26)15-29-19-9-8-16-4-1-2-5-17(16)12-19/h3,6-9,12-13,21,23H,1-2,4-5,10-11,14-15H2. The van der Waals surface area contributed by atoms with E-state index in [0.717, 1.165) is 18.6 Å². The quantitative estimate of drug-likeness (QED) is 0.711. The van der Waals surface area contributed by atoms with Crippen molar-refractivity contribution in [2.24, 2.45) is 0 Å². The average Bonchev–Trinajstić information content (AvgIpc) is 2.77. The maximum Gasteiger partial charge on any atom is 0.387 e. The third kappa shape index (κ3) is 5.08. The molecule has 1 aliphatic carbocycles. The molecule has 0 aromatic heterocycles. The van der Waals surface area contributed by atoms with Gasteiger partial charge in [-0.05, 0) is 67.1 Å². The average molecular weight is 417 g/mol. The predicted molar refractivity (Wildman–Crippen MR) is 107 cm³/mol. The normalized spacial score (nSPS) is 18.8. The Hall–Kier alpha value is -2.67. The Bertz CT molecular complexity index is 889. The number of morpholine rings is 1. The molecule has 0 spiro atoms. The minimum Gasteiger partial charge on any atom is -0.491 e. The third-order valence-corrected chi connectivity index (χ3v) is 5.49. The number of rotatable bonds is 6. The number of ether oxygens (including phenoxy) is 3. The molecule has 0 saturated carbocycles. The number of carbonyl (C=O) groups is 1. The molecule has 2 aromatic rings. The Kier molecular flexibility index (Phi) is 6.47. The van der Waals surface area contributed by atoms with Gasteiger partial charge in [-0.2, -0.15) is 8.78 Å². The lowest BCUT2D eigenvalue weighted by atomic mass is 9.92. The van der Waals surface area contributed by atoms with Crippen molar-refractivity contribution in [3.8, 4) is 11.5 Å². The number of amides is 1. The highest BCUT2D eigenvalue weighted by atomic mass is 19.3. The van der Waals surface area contributed by atoms with Crippen LogP contribution in [-0.4, -0.2) is 49.8 Å². The van der Waals surface area contributed by atoms with Crippen molar-refractivity contribution in [2.45, 2.75) is 38.4 Å². The summed E-state index contributed by atoms with van der Waals surface area (Å²) in [6.07, 6.45) is 4.41. The second-order valence-electron chi connectivity index (χ2n) is 7.60. The summed E-state index contributed by atoms with van der Waals surface area (Å²) in [5.41, 5.74) is 3.06. The fourth-order valence-electron chi connectivity index (χ4n) is 3.98. The summed E-state index contributed by atoms with van der Waals surface area (Å²) in [4.78, 5) is 14.5. The van der Waals surface area contributed by atoms with E-state index in [1.54, 1.807) is 11.0 Å². The first-order chi connectivity index (χ1) is 14.6. The van der Waals surface area contributed by atoms with E-state index in [-0.39, 0.29) is 17.8 Å². The van der Waals surface area contributed by atoms with Gasteiger partial charge in [0.05, 0.1) is 13.2 Å². The fraction of sp³-hybridized carbons (Fsp3) is 0.435. The molecule has 0 N–H and O–H groups in total. The smallest absolute Gasteiger partial charge is 0.387 e. The highest BCUT2D eigenvalue weighted by molar-refractivity contribution is 5.94. The van der Waals surface area contributed by atoms with E-state index in [4.69, 9.17) is 9.47 Å². The van der Waals surface area contributed by atoms with Crippen LogP contribution in [0.25, 0.3) is 0 Å². The van der Waals surface area contributed by atoms with Gasteiger partial charge in [0.25, 0.3) is 5.91 Å². The minimum absolute atomic E-state index is 0.0311. The van der Waals surface area contributed by atoms with Crippen LogP contribution in [0.5, 0.6) is 11.5 Å². The highest BCUT2D eigenvalue weighted by Gasteiger charge is 2.26. The second kappa shape index (κ2) is 9.43. The second-order valence-corrected chi connectivity index (χ2v) is 7.60. The van der Waals surface area contributed by atoms with Gasteiger partial charge in [0.1, 0.15) is 24.2 Å². The molecule has 1 amide bonds. The number of nitrogens with zero attached hydrogens (tertiary/aromatic N) is 1. The van der Waals surface area contributed by atoms with Gasteiger partial charge >= 0.3 is 6.61 Å². The van der Waals surface area contributed by atoms with E-state index in [9.17, 15) is 13.6 Å². The Morgan fingerprint density at radius 3 is 2.77 bits per heavy atom. The summed E-state index contributed by atoms with van der Waals surface area (Å²) in [6.45, 7) is -1.37. The zero-order valence-corrected chi connectivity index (χ0v) is 16.7. The molecule has 4 rings (SSSR count). The Balaban J connectivity index is 1.34. The topological polar surface area (TPSA) is 48.0 Å². The van der Waals surface area contributed by atoms with Gasteiger partial charge in [0.2, 0.25) is 0 Å². The maximum atomic E-state index is 12.8. The summed E-state index contributed by atoms with van der Waals surface area (Å²) in [6, 6.07) is 12.1. The molecule has 0 radical (unpaired) electrons. The Labute approximate surface area is 174 Å². The molecule has 160 valence electrons. The molecule has 1 saturated heterocycles. The number of benzene rings is 2. The molecule has 1 heterocycles. The summed E-state index contributed by atoms with van der Waals surface area (Å²) < 4.78 is 41.0. The van der Waals surface area contributed by atoms with Crippen LogP contribution in [0.15, 0.2) is 42.5 Å². The van der Waals surface area contributed by atoms with E-state index in [1.807, 2.05) is 6.07 Å². The Morgan fingerprint density at radius 1 is 1.10 bits per heavy atom. The van der Waals surface area contributed by atoms with Crippen molar-refractivity contribution >= 4 is 5.91 Å². The number of carbonyl (C=O) groups excluding carboxylic acids is 1. The van der Waals surface area contributed by atoms with Crippen LogP contribution in [0.3, 0.4) is 0 Å². The molecular formula is C23H25F2NO4. The molecule has 1 fully saturated rings. The minimum atomic E-state index is -2.93. The monoisotopic (exact) mass is 417 g/mol. The molecular weight excluding hydrogens is 392 g/mol. The SMILES string of the molecule is O=C(c1cccc(OC(F)F)c1)N1CCOC(COc2ccc3c(c2)CCCC3)C1. The van der Waals surface area contributed by atoms with Crippen LogP contribution >= 0.6 is 0 Å². The van der Waals surface area contributed by atoms with Crippen molar-refractivity contribution in [1.82, 2.24) is 4.90 Å². The molecule has 5 nitrogen and oxygen atoms in total. The van der Waals surface area contributed by atoms with Gasteiger partial charge < -0.3 is 19.1 Å². The lowest BCUT2D eigenvalue weighted by Gasteiger charge is -2.33. The molecule has 2 aliphatic rings. The maximum absolute atomic E-state index is 12.8. The third-order valence-electron chi connectivity index (χ3n) is 5.49. The number of hydrogen-bond donors (Lipinski definition) is 0. The number of halogens is 2. The first kappa shape index (κ1) is 20.6. The highest BCUT2D eigenvalue weighted by Crippen LogP contribution is 2.26. The molecule has 0 bridgehead atoms. The van der Waals surface area contributed by atoms with Crippen LogP contribution in [0.1, 0.15) is 34.3 Å². The van der Waals surface area contributed by atoms with E-state index in [0.29, 0.717) is 31.9 Å². The number of hydrogen-bond acceptors (Lipinski definition) is 4. The molecule has 2 aromatic carbocycles. The lowest BCUT2D eigenvalue weighted by molar-refractivity contribution is -0.0500. The molecule has 1 aliphatic heterocycles. The number of fused-ring (bicyclic) bond motifs is 1. The van der Waals surface area contributed by atoms with Crippen molar-refractivity contribution in [3.05, 3.63) is 59.2 Å². The van der Waals surface area contributed by atoms with Gasteiger partial charge in [0.15, 0.2) is 0 Å². The van der Waals surface area contributed by atoms with Crippen LogP contribution < -0.4 is 9.47 Å². The van der Waals surface area contributed by atoms with E-state index in [1.165, 1.54) is 42.2 Å². The van der Waals surface area contributed by atoms with Crippen LogP contribution in [0.2, 0.25) is 0 Å². The lowest BCUT2D eigenvalue weighted by Crippen LogP contribution is -2.47. The largest absolute Gasteiger partial charge is 0.491 e. The van der Waals surface area contributed by atoms with E-state index >= 15 is 0 Å². The summed E-state index contributed by atoms with van der Waals surface area (Å²) in [5.74, 6) is 0.549.